The van der Waals surface area contributed by atoms with Gasteiger partial charge in [0.05, 0.1) is 11.5 Å². The van der Waals surface area contributed by atoms with E-state index in [0.29, 0.717) is 11.1 Å². The number of aryl methyl sites for hydroxylation is 1. The van der Waals surface area contributed by atoms with Crippen molar-refractivity contribution in [2.45, 2.75) is 50.1 Å². The average Bonchev–Trinajstić information content (AvgIpc) is 2.69. The van der Waals surface area contributed by atoms with E-state index in [1.54, 1.807) is 6.07 Å². The van der Waals surface area contributed by atoms with Crippen LogP contribution in [0.25, 0.3) is 0 Å². The van der Waals surface area contributed by atoms with Crippen LogP contribution in [-0.4, -0.2) is 66.8 Å². The Morgan fingerprint density at radius 3 is 2.50 bits per heavy atom. The van der Waals surface area contributed by atoms with Crippen molar-refractivity contribution in [3.63, 3.8) is 0 Å². The van der Waals surface area contributed by atoms with Crippen LogP contribution in [0.3, 0.4) is 0 Å². The number of carbonyl (C=O) groups is 4. The van der Waals surface area contributed by atoms with Gasteiger partial charge in [-0.1, -0.05) is 6.07 Å². The summed E-state index contributed by atoms with van der Waals surface area (Å²) in [6, 6.07) is 2.89. The highest BCUT2D eigenvalue weighted by atomic mass is 16.5. The van der Waals surface area contributed by atoms with E-state index in [4.69, 9.17) is 5.73 Å². The van der Waals surface area contributed by atoms with Crippen LogP contribution in [0.4, 0.5) is 0 Å². The summed E-state index contributed by atoms with van der Waals surface area (Å²) in [5.74, 6) is -8.71. The third kappa shape index (κ3) is 3.17. The zero-order chi connectivity index (χ0) is 23.5. The summed E-state index contributed by atoms with van der Waals surface area (Å²) in [5, 5.41) is 51.0. The molecule has 32 heavy (non-hydrogen) atoms. The summed E-state index contributed by atoms with van der Waals surface area (Å²) < 4.78 is 0. The standard InChI is InChI=1S/C22H25NO9/c23-21(31)17-13(25)7-10-5-9-6-11-8(2-4-14(26)27)1-3-12(24)16(11)18(28)15(9)19(29)22(10,32)20(17)30/h1,3,9-10,14-15,17,19,24,26-27,29,32H,2,4-7H2,(H2,23,31)/t9-,10+,15?,17?,19?,22+/m1/s1. The van der Waals surface area contributed by atoms with Gasteiger partial charge >= 0.3 is 0 Å². The summed E-state index contributed by atoms with van der Waals surface area (Å²) in [7, 11) is 0. The smallest absolute Gasteiger partial charge is 0.235 e. The van der Waals surface area contributed by atoms with Gasteiger partial charge in [0, 0.05) is 18.8 Å². The van der Waals surface area contributed by atoms with Gasteiger partial charge in [-0.3, -0.25) is 19.2 Å². The Labute approximate surface area is 182 Å². The molecule has 2 fully saturated rings. The van der Waals surface area contributed by atoms with Gasteiger partial charge in [-0.05, 0) is 42.4 Å². The number of rotatable bonds is 4. The lowest BCUT2D eigenvalue weighted by Gasteiger charge is -2.53. The molecule has 0 aliphatic heterocycles. The van der Waals surface area contributed by atoms with E-state index >= 15 is 0 Å². The molecule has 1 aromatic rings. The number of aliphatic hydroxyl groups is 4. The molecule has 0 aromatic heterocycles. The predicted octanol–water partition coefficient (Wildman–Crippen LogP) is -1.64. The molecular weight excluding hydrogens is 422 g/mol. The Morgan fingerprint density at radius 2 is 1.88 bits per heavy atom. The number of aromatic hydroxyl groups is 1. The van der Waals surface area contributed by atoms with E-state index in [0.717, 1.165) is 0 Å². The lowest BCUT2D eigenvalue weighted by atomic mass is 9.53. The molecule has 0 saturated heterocycles. The molecule has 172 valence electrons. The van der Waals surface area contributed by atoms with Crippen molar-refractivity contribution in [3.8, 4) is 5.75 Å². The number of benzene rings is 1. The number of ketones is 3. The zero-order valence-corrected chi connectivity index (χ0v) is 17.1. The predicted molar refractivity (Wildman–Crippen MR) is 106 cm³/mol. The van der Waals surface area contributed by atoms with Gasteiger partial charge < -0.3 is 31.3 Å². The van der Waals surface area contributed by atoms with Crippen molar-refractivity contribution in [2.24, 2.45) is 29.4 Å². The van der Waals surface area contributed by atoms with Crippen molar-refractivity contribution in [1.29, 1.82) is 0 Å². The third-order valence-electron chi connectivity index (χ3n) is 7.29. The molecule has 10 heteroatoms. The van der Waals surface area contributed by atoms with E-state index < -0.39 is 64.9 Å². The highest BCUT2D eigenvalue weighted by Gasteiger charge is 2.65. The number of amides is 1. The van der Waals surface area contributed by atoms with Gasteiger partial charge in [-0.25, -0.2) is 0 Å². The van der Waals surface area contributed by atoms with Crippen molar-refractivity contribution < 1.29 is 44.7 Å². The number of hydrogen-bond donors (Lipinski definition) is 6. The van der Waals surface area contributed by atoms with E-state index in [1.807, 2.05) is 0 Å². The van der Waals surface area contributed by atoms with Crippen molar-refractivity contribution >= 4 is 23.3 Å². The van der Waals surface area contributed by atoms with Crippen molar-refractivity contribution in [3.05, 3.63) is 28.8 Å². The number of primary amides is 1. The van der Waals surface area contributed by atoms with Crippen LogP contribution in [0.15, 0.2) is 12.1 Å². The number of phenolic OH excluding ortho intramolecular Hbond substituents is 1. The van der Waals surface area contributed by atoms with Gasteiger partial charge in [0.15, 0.2) is 35.2 Å². The maximum Gasteiger partial charge on any atom is 0.235 e. The Balaban J connectivity index is 1.75. The maximum absolute atomic E-state index is 13.4. The second kappa shape index (κ2) is 7.73. The van der Waals surface area contributed by atoms with Crippen LogP contribution in [0, 0.1) is 23.7 Å². The monoisotopic (exact) mass is 447 g/mol. The first-order chi connectivity index (χ1) is 15.0. The quantitative estimate of drug-likeness (QED) is 0.232. The average molecular weight is 447 g/mol. The Morgan fingerprint density at radius 1 is 1.19 bits per heavy atom. The summed E-state index contributed by atoms with van der Waals surface area (Å²) in [6.07, 6.45) is -3.21. The number of aliphatic hydroxyl groups excluding tert-OH is 2. The summed E-state index contributed by atoms with van der Waals surface area (Å²) in [5.41, 5.74) is 3.81. The lowest BCUT2D eigenvalue weighted by Crippen LogP contribution is -2.70. The Bertz CT molecular complexity index is 1020. The van der Waals surface area contributed by atoms with Crippen molar-refractivity contribution in [2.75, 3.05) is 0 Å². The number of fused-ring (bicyclic) bond motifs is 3. The Hall–Kier alpha value is -2.66. The molecule has 0 radical (unpaired) electrons. The van der Waals surface area contributed by atoms with Gasteiger partial charge in [0.25, 0.3) is 0 Å². The molecule has 0 bridgehead atoms. The minimum absolute atomic E-state index is 0.0159. The van der Waals surface area contributed by atoms with Gasteiger partial charge in [0.2, 0.25) is 5.91 Å². The molecule has 4 rings (SSSR count). The zero-order valence-electron chi connectivity index (χ0n) is 17.1. The normalized spacial score (nSPS) is 34.2. The van der Waals surface area contributed by atoms with E-state index in [1.165, 1.54) is 6.07 Å². The van der Waals surface area contributed by atoms with Gasteiger partial charge in [0.1, 0.15) is 11.9 Å². The highest BCUT2D eigenvalue weighted by molar-refractivity contribution is 6.22. The number of Topliss-reactive ketones (excluding diaryl/α,β-unsaturated/α-hetero) is 3. The van der Waals surface area contributed by atoms with E-state index in [2.05, 4.69) is 0 Å². The van der Waals surface area contributed by atoms with Crippen LogP contribution >= 0.6 is 0 Å². The van der Waals surface area contributed by atoms with Crippen LogP contribution < -0.4 is 5.73 Å². The number of carbonyl (C=O) groups excluding carboxylic acids is 4. The number of nitrogens with two attached hydrogens (primary N) is 1. The second-order valence-electron chi connectivity index (χ2n) is 9.04. The number of hydrogen-bond acceptors (Lipinski definition) is 9. The first-order valence-corrected chi connectivity index (χ1v) is 10.5. The fourth-order valence-electron chi connectivity index (χ4n) is 5.78. The molecule has 0 spiro atoms. The molecule has 6 atom stereocenters. The summed E-state index contributed by atoms with van der Waals surface area (Å²) in [4.78, 5) is 50.3. The molecule has 7 N–H and O–H groups in total. The molecule has 10 nitrogen and oxygen atoms in total. The molecular formula is C22H25NO9. The SMILES string of the molecule is NC(=O)C1C(=O)C[C@@H]2C[C@@H]3Cc4c(CCC(O)O)ccc(O)c4C(=O)C3C(O)[C@]2(O)C1=O. The van der Waals surface area contributed by atoms with Crippen LogP contribution in [0.5, 0.6) is 5.75 Å². The van der Waals surface area contributed by atoms with Crippen LogP contribution in [0.1, 0.15) is 40.7 Å². The molecule has 2 saturated carbocycles. The minimum atomic E-state index is -2.48. The fraction of sp³-hybridized carbons (Fsp3) is 0.545. The third-order valence-corrected chi connectivity index (χ3v) is 7.29. The highest BCUT2D eigenvalue weighted by Crippen LogP contribution is 2.52. The molecule has 3 aliphatic carbocycles. The maximum atomic E-state index is 13.4. The minimum Gasteiger partial charge on any atom is -0.507 e. The summed E-state index contributed by atoms with van der Waals surface area (Å²) in [6.45, 7) is 0. The molecule has 3 unspecified atom stereocenters. The number of phenols is 1. The first kappa shape index (κ1) is 22.5. The fourth-order valence-corrected chi connectivity index (χ4v) is 5.78. The van der Waals surface area contributed by atoms with Crippen LogP contribution in [-0.2, 0) is 27.2 Å². The lowest BCUT2D eigenvalue weighted by molar-refractivity contribution is -0.194. The molecule has 1 aromatic carbocycles. The van der Waals surface area contributed by atoms with E-state index in [9.17, 15) is 44.7 Å². The molecule has 3 aliphatic rings. The largest absolute Gasteiger partial charge is 0.507 e. The Kier molecular flexibility index (Phi) is 5.44. The van der Waals surface area contributed by atoms with Gasteiger partial charge in [-0.2, -0.15) is 0 Å². The first-order valence-electron chi connectivity index (χ1n) is 10.5. The van der Waals surface area contributed by atoms with Crippen LogP contribution in [0.2, 0.25) is 0 Å². The van der Waals surface area contributed by atoms with Gasteiger partial charge in [-0.15, -0.1) is 0 Å². The summed E-state index contributed by atoms with van der Waals surface area (Å²) >= 11 is 0. The van der Waals surface area contributed by atoms with E-state index in [-0.39, 0.29) is 43.4 Å². The second-order valence-corrected chi connectivity index (χ2v) is 9.04. The topological polar surface area (TPSA) is 195 Å². The molecule has 0 heterocycles. The van der Waals surface area contributed by atoms with Crippen molar-refractivity contribution in [1.82, 2.24) is 0 Å². The molecule has 1 amide bonds.